The van der Waals surface area contributed by atoms with Crippen molar-refractivity contribution in [1.29, 1.82) is 0 Å². The highest BCUT2D eigenvalue weighted by Gasteiger charge is 2.16. The molecule has 0 bridgehead atoms. The molecule has 2 aromatic rings. The second-order valence-corrected chi connectivity index (χ2v) is 4.92. The van der Waals surface area contributed by atoms with Crippen molar-refractivity contribution in [3.8, 4) is 28.4 Å². The average Bonchev–Trinajstić information content (AvgIpc) is 2.79. The molecule has 0 atom stereocenters. The summed E-state index contributed by atoms with van der Waals surface area (Å²) in [7, 11) is 3.35. The standard InChI is InChI=1S/C17H19NO3/c1-19-15-5-3-4-12(9-15)13-8-14-11-18-6-7-21-17(14)16(10-13)20-2/h3-5,8-10,18H,6-7,11H2,1-2H3. The van der Waals surface area contributed by atoms with E-state index in [0.717, 1.165) is 47.0 Å². The predicted octanol–water partition coefficient (Wildman–Crippen LogP) is 2.85. The summed E-state index contributed by atoms with van der Waals surface area (Å²) in [6, 6.07) is 12.2. The van der Waals surface area contributed by atoms with E-state index in [4.69, 9.17) is 14.2 Å². The summed E-state index contributed by atoms with van der Waals surface area (Å²) in [6.07, 6.45) is 0. The molecule has 4 heteroatoms. The van der Waals surface area contributed by atoms with E-state index in [0.29, 0.717) is 6.61 Å². The van der Waals surface area contributed by atoms with Crippen LogP contribution in [0.25, 0.3) is 11.1 Å². The van der Waals surface area contributed by atoms with Crippen molar-refractivity contribution in [2.75, 3.05) is 27.4 Å². The van der Waals surface area contributed by atoms with Crippen LogP contribution in [0, 0.1) is 0 Å². The number of methoxy groups -OCH3 is 2. The highest BCUT2D eigenvalue weighted by Crippen LogP contribution is 2.37. The lowest BCUT2D eigenvalue weighted by atomic mass is 10.0. The number of ether oxygens (including phenoxy) is 3. The Hall–Kier alpha value is -2.20. The number of rotatable bonds is 3. The zero-order chi connectivity index (χ0) is 14.7. The second kappa shape index (κ2) is 6.06. The Morgan fingerprint density at radius 3 is 2.76 bits per heavy atom. The highest BCUT2D eigenvalue weighted by atomic mass is 16.5. The van der Waals surface area contributed by atoms with Gasteiger partial charge in [-0.3, -0.25) is 0 Å². The van der Waals surface area contributed by atoms with Crippen molar-refractivity contribution >= 4 is 0 Å². The predicted molar refractivity (Wildman–Crippen MR) is 82.2 cm³/mol. The molecule has 0 radical (unpaired) electrons. The summed E-state index contributed by atoms with van der Waals surface area (Å²) in [5, 5.41) is 3.35. The molecule has 1 aliphatic rings. The van der Waals surface area contributed by atoms with Crippen LogP contribution >= 0.6 is 0 Å². The Kier molecular flexibility index (Phi) is 3.97. The fourth-order valence-electron chi connectivity index (χ4n) is 2.52. The quantitative estimate of drug-likeness (QED) is 0.941. The summed E-state index contributed by atoms with van der Waals surface area (Å²) >= 11 is 0. The van der Waals surface area contributed by atoms with Gasteiger partial charge in [0.15, 0.2) is 11.5 Å². The number of nitrogens with one attached hydrogen (secondary N) is 1. The summed E-state index contributed by atoms with van der Waals surface area (Å²) in [5.74, 6) is 2.46. The number of hydrogen-bond acceptors (Lipinski definition) is 4. The van der Waals surface area contributed by atoms with Crippen molar-refractivity contribution in [1.82, 2.24) is 5.32 Å². The van der Waals surface area contributed by atoms with Crippen LogP contribution in [0.5, 0.6) is 17.2 Å². The van der Waals surface area contributed by atoms with Crippen LogP contribution in [0.3, 0.4) is 0 Å². The Morgan fingerprint density at radius 2 is 1.95 bits per heavy atom. The van der Waals surface area contributed by atoms with Crippen LogP contribution in [-0.2, 0) is 6.54 Å². The van der Waals surface area contributed by atoms with Gasteiger partial charge < -0.3 is 19.5 Å². The molecule has 21 heavy (non-hydrogen) atoms. The molecule has 3 rings (SSSR count). The largest absolute Gasteiger partial charge is 0.497 e. The van der Waals surface area contributed by atoms with Gasteiger partial charge in [0.25, 0.3) is 0 Å². The molecule has 0 unspecified atom stereocenters. The Balaban J connectivity index is 2.08. The molecule has 0 amide bonds. The van der Waals surface area contributed by atoms with Gasteiger partial charge in [0.2, 0.25) is 0 Å². The van der Waals surface area contributed by atoms with Crippen LogP contribution in [-0.4, -0.2) is 27.4 Å². The lowest BCUT2D eigenvalue weighted by Gasteiger charge is -2.14. The smallest absolute Gasteiger partial charge is 0.165 e. The molecule has 0 saturated heterocycles. The molecule has 0 aliphatic carbocycles. The maximum absolute atomic E-state index is 5.79. The van der Waals surface area contributed by atoms with E-state index >= 15 is 0 Å². The summed E-state index contributed by atoms with van der Waals surface area (Å²) in [4.78, 5) is 0. The van der Waals surface area contributed by atoms with Crippen LogP contribution in [0.2, 0.25) is 0 Å². The molecule has 110 valence electrons. The van der Waals surface area contributed by atoms with Crippen LogP contribution in [0.4, 0.5) is 0 Å². The summed E-state index contributed by atoms with van der Waals surface area (Å²) < 4.78 is 16.6. The summed E-state index contributed by atoms with van der Waals surface area (Å²) in [5.41, 5.74) is 3.31. The summed E-state index contributed by atoms with van der Waals surface area (Å²) in [6.45, 7) is 2.28. The van der Waals surface area contributed by atoms with E-state index in [1.807, 2.05) is 24.3 Å². The van der Waals surface area contributed by atoms with Crippen molar-refractivity contribution in [3.63, 3.8) is 0 Å². The molecule has 0 saturated carbocycles. The van der Waals surface area contributed by atoms with Gasteiger partial charge in [0.1, 0.15) is 12.4 Å². The van der Waals surface area contributed by atoms with Gasteiger partial charge in [-0.25, -0.2) is 0 Å². The van der Waals surface area contributed by atoms with Gasteiger partial charge in [0.05, 0.1) is 14.2 Å². The van der Waals surface area contributed by atoms with Gasteiger partial charge in [-0.05, 0) is 35.4 Å². The van der Waals surface area contributed by atoms with Crippen LogP contribution in [0.1, 0.15) is 5.56 Å². The van der Waals surface area contributed by atoms with Crippen LogP contribution < -0.4 is 19.5 Å². The molecular formula is C17H19NO3. The van der Waals surface area contributed by atoms with Crippen molar-refractivity contribution in [3.05, 3.63) is 42.0 Å². The SMILES string of the molecule is COc1cccc(-c2cc3c(c(OC)c2)OCCNC3)c1. The number of hydrogen-bond donors (Lipinski definition) is 1. The highest BCUT2D eigenvalue weighted by molar-refractivity contribution is 5.70. The zero-order valence-corrected chi connectivity index (χ0v) is 12.3. The molecule has 2 aromatic carbocycles. The topological polar surface area (TPSA) is 39.7 Å². The molecule has 1 aliphatic heterocycles. The fourth-order valence-corrected chi connectivity index (χ4v) is 2.52. The number of benzene rings is 2. The van der Waals surface area contributed by atoms with Gasteiger partial charge in [-0.2, -0.15) is 0 Å². The lowest BCUT2D eigenvalue weighted by molar-refractivity contribution is 0.302. The molecular weight excluding hydrogens is 266 g/mol. The Labute approximate surface area is 124 Å². The maximum Gasteiger partial charge on any atom is 0.165 e. The first-order chi connectivity index (χ1) is 10.3. The minimum Gasteiger partial charge on any atom is -0.497 e. The van der Waals surface area contributed by atoms with Crippen molar-refractivity contribution < 1.29 is 14.2 Å². The Morgan fingerprint density at radius 1 is 1.05 bits per heavy atom. The molecule has 4 nitrogen and oxygen atoms in total. The molecule has 0 fully saturated rings. The van der Waals surface area contributed by atoms with Crippen molar-refractivity contribution in [2.45, 2.75) is 6.54 Å². The molecule has 1 heterocycles. The first kappa shape index (κ1) is 13.8. The molecule has 0 spiro atoms. The average molecular weight is 285 g/mol. The van der Waals surface area contributed by atoms with E-state index in [1.165, 1.54) is 0 Å². The first-order valence-corrected chi connectivity index (χ1v) is 7.00. The monoisotopic (exact) mass is 285 g/mol. The molecule has 1 N–H and O–H groups in total. The van der Waals surface area contributed by atoms with E-state index in [2.05, 4.69) is 17.4 Å². The molecule has 0 aromatic heterocycles. The maximum atomic E-state index is 5.79. The van der Waals surface area contributed by atoms with Gasteiger partial charge in [0, 0.05) is 18.7 Å². The number of fused-ring (bicyclic) bond motifs is 1. The first-order valence-electron chi connectivity index (χ1n) is 7.00. The van der Waals surface area contributed by atoms with E-state index < -0.39 is 0 Å². The Bertz CT molecular complexity index is 640. The second-order valence-electron chi connectivity index (χ2n) is 4.92. The minimum atomic E-state index is 0.655. The van der Waals surface area contributed by atoms with E-state index in [-0.39, 0.29) is 0 Å². The third-order valence-corrected chi connectivity index (χ3v) is 3.60. The minimum absolute atomic E-state index is 0.655. The van der Waals surface area contributed by atoms with E-state index in [1.54, 1.807) is 14.2 Å². The van der Waals surface area contributed by atoms with E-state index in [9.17, 15) is 0 Å². The normalized spacial score (nSPS) is 13.8. The van der Waals surface area contributed by atoms with Gasteiger partial charge in [-0.15, -0.1) is 0 Å². The van der Waals surface area contributed by atoms with Gasteiger partial charge >= 0.3 is 0 Å². The fraction of sp³-hybridized carbons (Fsp3) is 0.294. The zero-order valence-electron chi connectivity index (χ0n) is 12.3. The third kappa shape index (κ3) is 2.81. The van der Waals surface area contributed by atoms with Crippen LogP contribution in [0.15, 0.2) is 36.4 Å². The third-order valence-electron chi connectivity index (χ3n) is 3.60. The van der Waals surface area contributed by atoms with Gasteiger partial charge in [-0.1, -0.05) is 12.1 Å². The van der Waals surface area contributed by atoms with Crippen molar-refractivity contribution in [2.24, 2.45) is 0 Å². The lowest BCUT2D eigenvalue weighted by Crippen LogP contribution is -2.16.